The Labute approximate surface area is 202 Å². The van der Waals surface area contributed by atoms with E-state index in [0.29, 0.717) is 32.8 Å². The third-order valence-corrected chi connectivity index (χ3v) is 6.29. The van der Waals surface area contributed by atoms with Crippen molar-refractivity contribution in [3.05, 3.63) is 46.2 Å². The number of nitrogens with zero attached hydrogens (tertiary/aromatic N) is 6. The summed E-state index contributed by atoms with van der Waals surface area (Å²) < 4.78 is 7.48. The van der Waals surface area contributed by atoms with E-state index in [9.17, 15) is 10.1 Å². The van der Waals surface area contributed by atoms with E-state index in [1.807, 2.05) is 32.9 Å². The van der Waals surface area contributed by atoms with Gasteiger partial charge in [0, 0.05) is 62.4 Å². The first-order valence-electron chi connectivity index (χ1n) is 11.8. The summed E-state index contributed by atoms with van der Waals surface area (Å²) in [5.41, 5.74) is 4.09. The van der Waals surface area contributed by atoms with Crippen LogP contribution in [-0.4, -0.2) is 65.2 Å². The van der Waals surface area contributed by atoms with Gasteiger partial charge >= 0.3 is 0 Å². The van der Waals surface area contributed by atoms with Crippen molar-refractivity contribution in [2.45, 2.75) is 53.5 Å². The number of methoxy groups -OCH3 is 1. The van der Waals surface area contributed by atoms with Gasteiger partial charge in [-0.15, -0.1) is 0 Å². The molecule has 3 rings (SSSR count). The number of rotatable bonds is 7. The van der Waals surface area contributed by atoms with Crippen LogP contribution >= 0.6 is 0 Å². The summed E-state index contributed by atoms with van der Waals surface area (Å²) in [6.45, 7) is 15.3. The third-order valence-electron chi connectivity index (χ3n) is 6.29. The number of carbonyl (C=O) groups is 1. The van der Waals surface area contributed by atoms with Crippen LogP contribution in [-0.2, 0) is 9.53 Å². The Kier molecular flexibility index (Phi) is 8.11. The molecule has 1 aliphatic heterocycles. The maximum Gasteiger partial charge on any atom is 0.264 e. The second-order valence-electron chi connectivity index (χ2n) is 9.33. The quantitative estimate of drug-likeness (QED) is 0.458. The van der Waals surface area contributed by atoms with E-state index in [4.69, 9.17) is 9.72 Å². The van der Waals surface area contributed by atoms with Crippen molar-refractivity contribution in [3.63, 3.8) is 0 Å². The molecule has 1 atom stereocenters. The maximum atomic E-state index is 13.2. The highest BCUT2D eigenvalue weighted by Gasteiger charge is 2.25. The molecule has 0 aliphatic carbocycles. The Morgan fingerprint density at radius 1 is 1.15 bits per heavy atom. The molecule has 3 heterocycles. The molecule has 8 heteroatoms. The number of piperazine rings is 1. The molecule has 8 nitrogen and oxygen atoms in total. The summed E-state index contributed by atoms with van der Waals surface area (Å²) in [7, 11) is 1.69. The Bertz CT molecular complexity index is 1100. The van der Waals surface area contributed by atoms with E-state index in [1.54, 1.807) is 18.1 Å². The molecule has 1 unspecified atom stereocenters. The number of aromatic nitrogens is 3. The molecule has 182 valence electrons. The van der Waals surface area contributed by atoms with E-state index in [1.165, 1.54) is 0 Å². The average Bonchev–Trinajstić information content (AvgIpc) is 3.09. The Balaban J connectivity index is 1.74. The number of amides is 1. The zero-order valence-electron chi connectivity index (χ0n) is 21.4. The fourth-order valence-electron chi connectivity index (χ4n) is 4.54. The number of hydrogen-bond donors (Lipinski definition) is 0. The molecule has 2 aromatic rings. The van der Waals surface area contributed by atoms with Crippen LogP contribution in [0.1, 0.15) is 61.2 Å². The van der Waals surface area contributed by atoms with Crippen LogP contribution in [0.4, 0.5) is 5.82 Å². The minimum absolute atomic E-state index is 0.160. The molecule has 2 aromatic heterocycles. The Morgan fingerprint density at radius 3 is 2.41 bits per heavy atom. The molecule has 0 N–H and O–H groups in total. The number of carbonyl (C=O) groups excluding carboxylic acids is 1. The average molecular weight is 465 g/mol. The topological polar surface area (TPSA) is 87.3 Å². The van der Waals surface area contributed by atoms with Crippen LogP contribution < -0.4 is 4.90 Å². The van der Waals surface area contributed by atoms with E-state index in [-0.39, 0.29) is 23.4 Å². The van der Waals surface area contributed by atoms with Gasteiger partial charge in [-0.25, -0.2) is 9.97 Å². The summed E-state index contributed by atoms with van der Waals surface area (Å²) in [4.78, 5) is 26.4. The van der Waals surface area contributed by atoms with Gasteiger partial charge in [0.15, 0.2) is 0 Å². The van der Waals surface area contributed by atoms with Gasteiger partial charge < -0.3 is 19.1 Å². The molecule has 1 amide bonds. The summed E-state index contributed by atoms with van der Waals surface area (Å²) >= 11 is 0. The van der Waals surface area contributed by atoms with Gasteiger partial charge in [-0.1, -0.05) is 13.8 Å². The lowest BCUT2D eigenvalue weighted by atomic mass is 10.1. The molecule has 0 aromatic carbocycles. The number of nitriles is 1. The maximum absolute atomic E-state index is 13.2. The summed E-state index contributed by atoms with van der Waals surface area (Å²) in [6.07, 6.45) is 1.72. The number of aryl methyl sites for hydroxylation is 2. The monoisotopic (exact) mass is 464 g/mol. The van der Waals surface area contributed by atoms with E-state index in [0.717, 1.165) is 34.3 Å². The normalized spacial score (nSPS) is 15.6. The lowest BCUT2D eigenvalue weighted by molar-refractivity contribution is -0.126. The van der Waals surface area contributed by atoms with Crippen molar-refractivity contribution in [3.8, 4) is 6.07 Å². The molecule has 34 heavy (non-hydrogen) atoms. The smallest absolute Gasteiger partial charge is 0.264 e. The zero-order chi connectivity index (χ0) is 25.0. The van der Waals surface area contributed by atoms with Gasteiger partial charge in [-0.2, -0.15) is 5.26 Å². The molecule has 1 fully saturated rings. The van der Waals surface area contributed by atoms with Gasteiger partial charge in [0.2, 0.25) is 0 Å². The number of ether oxygens (including phenoxy) is 1. The zero-order valence-corrected chi connectivity index (χ0v) is 21.4. The second-order valence-corrected chi connectivity index (χ2v) is 9.33. The molecular weight excluding hydrogens is 428 g/mol. The largest absolute Gasteiger partial charge is 0.383 e. The minimum atomic E-state index is -0.223. The molecule has 0 bridgehead atoms. The standard InChI is InChI=1S/C26H36N6O2/c1-17(2)25-28-18(3)12-24(29-25)30-8-10-31(11-9-30)26(33)23(15-27)14-22-13-19(4)32(21(22)6)20(5)16-34-7/h12-14,17,20H,8-11,16H2,1-7H3/b23-14-. The summed E-state index contributed by atoms with van der Waals surface area (Å²) in [5.74, 6) is 1.76. The van der Waals surface area contributed by atoms with Gasteiger partial charge in [0.05, 0.1) is 12.6 Å². The molecule has 0 spiro atoms. The third kappa shape index (κ3) is 5.48. The van der Waals surface area contributed by atoms with Gasteiger partial charge in [0.25, 0.3) is 5.91 Å². The van der Waals surface area contributed by atoms with Crippen LogP contribution in [0.2, 0.25) is 0 Å². The van der Waals surface area contributed by atoms with E-state index in [2.05, 4.69) is 41.3 Å². The van der Waals surface area contributed by atoms with Crippen molar-refractivity contribution in [2.75, 3.05) is 44.8 Å². The van der Waals surface area contributed by atoms with Crippen LogP contribution in [0.3, 0.4) is 0 Å². The van der Waals surface area contributed by atoms with Crippen molar-refractivity contribution < 1.29 is 9.53 Å². The van der Waals surface area contributed by atoms with Gasteiger partial charge in [0.1, 0.15) is 23.3 Å². The SMILES string of the molecule is COCC(C)n1c(C)cc(/C=C(/C#N)C(=O)N2CCN(c3cc(C)nc(C(C)C)n3)CC2)c1C. The highest BCUT2D eigenvalue weighted by molar-refractivity contribution is 6.02. The second kappa shape index (κ2) is 10.8. The predicted octanol–water partition coefficient (Wildman–Crippen LogP) is 3.79. The highest BCUT2D eigenvalue weighted by atomic mass is 16.5. The highest BCUT2D eigenvalue weighted by Crippen LogP contribution is 2.24. The van der Waals surface area contributed by atoms with E-state index >= 15 is 0 Å². The molecule has 0 radical (unpaired) electrons. The molecule has 1 saturated heterocycles. The molecule has 0 saturated carbocycles. The lowest BCUT2D eigenvalue weighted by Crippen LogP contribution is -2.49. The van der Waals surface area contributed by atoms with Crippen molar-refractivity contribution in [1.29, 1.82) is 5.26 Å². The predicted molar refractivity (Wildman–Crippen MR) is 134 cm³/mol. The summed E-state index contributed by atoms with van der Waals surface area (Å²) in [6, 6.07) is 6.31. The first-order valence-corrected chi connectivity index (χ1v) is 11.8. The van der Waals surface area contributed by atoms with E-state index < -0.39 is 0 Å². The van der Waals surface area contributed by atoms with Crippen molar-refractivity contribution in [1.82, 2.24) is 19.4 Å². The van der Waals surface area contributed by atoms with Gasteiger partial charge in [-0.05, 0) is 45.4 Å². The molecule has 1 aliphatic rings. The summed E-state index contributed by atoms with van der Waals surface area (Å²) in [5, 5.41) is 9.77. The van der Waals surface area contributed by atoms with Gasteiger partial charge in [-0.3, -0.25) is 4.79 Å². The first kappa shape index (κ1) is 25.4. The van der Waals surface area contributed by atoms with Crippen LogP contribution in [0.5, 0.6) is 0 Å². The fourth-order valence-corrected chi connectivity index (χ4v) is 4.54. The van der Waals surface area contributed by atoms with Crippen molar-refractivity contribution in [2.24, 2.45) is 0 Å². The van der Waals surface area contributed by atoms with Crippen LogP contribution in [0.15, 0.2) is 17.7 Å². The van der Waals surface area contributed by atoms with Crippen LogP contribution in [0.25, 0.3) is 6.08 Å². The minimum Gasteiger partial charge on any atom is -0.383 e. The van der Waals surface area contributed by atoms with Crippen molar-refractivity contribution >= 4 is 17.8 Å². The fraction of sp³-hybridized carbons (Fsp3) is 0.538. The first-order chi connectivity index (χ1) is 16.2. The number of anilines is 1. The van der Waals surface area contributed by atoms with Crippen LogP contribution in [0, 0.1) is 32.1 Å². The lowest BCUT2D eigenvalue weighted by Gasteiger charge is -2.35. The molecular formula is C26H36N6O2. The Morgan fingerprint density at radius 2 is 1.82 bits per heavy atom. The number of hydrogen-bond acceptors (Lipinski definition) is 6. The Hall–Kier alpha value is -3.18.